The van der Waals surface area contributed by atoms with Crippen LogP contribution in [-0.4, -0.2) is 22.6 Å². The summed E-state index contributed by atoms with van der Waals surface area (Å²) in [6.45, 7) is 7.07. The second-order valence-electron chi connectivity index (χ2n) is 3.12. The van der Waals surface area contributed by atoms with Crippen LogP contribution in [0.5, 0.6) is 0 Å². The van der Waals surface area contributed by atoms with E-state index < -0.39 is 0 Å². The van der Waals surface area contributed by atoms with E-state index in [-0.39, 0.29) is 0 Å². The summed E-state index contributed by atoms with van der Waals surface area (Å²) in [5.41, 5.74) is 0. The Morgan fingerprint density at radius 1 is 1.31 bits per heavy atom. The number of hydrogen-bond acceptors (Lipinski definition) is 4. The highest BCUT2D eigenvalue weighted by Crippen LogP contribution is 2.08. The maximum Gasteiger partial charge on any atom is 0.131 e. The molecule has 72 valence electrons. The Kier molecular flexibility index (Phi) is 3.49. The number of nitrogens with zero attached hydrogens (tertiary/aromatic N) is 2. The molecule has 1 aromatic rings. The minimum atomic E-state index is 0.393. The van der Waals surface area contributed by atoms with E-state index in [1.807, 2.05) is 13.0 Å². The molecule has 1 rings (SSSR count). The Balaban J connectivity index is 2.67. The molecule has 13 heavy (non-hydrogen) atoms. The smallest absolute Gasteiger partial charge is 0.131 e. The van der Waals surface area contributed by atoms with E-state index in [0.29, 0.717) is 6.04 Å². The molecular formula is C9H16N4. The molecule has 0 atom stereocenters. The molecule has 0 aliphatic heterocycles. The lowest BCUT2D eigenvalue weighted by atomic mass is 10.4. The molecule has 1 heterocycles. The molecule has 0 fully saturated rings. The predicted octanol–water partition coefficient (Wildman–Crippen LogP) is 1.73. The lowest BCUT2D eigenvalue weighted by molar-refractivity contribution is 0.886. The van der Waals surface area contributed by atoms with Gasteiger partial charge in [-0.25, -0.2) is 9.97 Å². The monoisotopic (exact) mass is 180 g/mol. The van der Waals surface area contributed by atoms with Crippen LogP contribution in [0.15, 0.2) is 12.4 Å². The van der Waals surface area contributed by atoms with Crippen molar-refractivity contribution in [2.24, 2.45) is 0 Å². The molecule has 4 nitrogen and oxygen atoms in total. The Bertz CT molecular complexity index is 260. The van der Waals surface area contributed by atoms with Crippen LogP contribution in [0.4, 0.5) is 11.6 Å². The van der Waals surface area contributed by atoms with Crippen molar-refractivity contribution in [3.05, 3.63) is 12.4 Å². The van der Waals surface area contributed by atoms with Crippen LogP contribution in [0, 0.1) is 0 Å². The third-order valence-corrected chi connectivity index (χ3v) is 1.46. The van der Waals surface area contributed by atoms with Crippen LogP contribution in [-0.2, 0) is 0 Å². The van der Waals surface area contributed by atoms with E-state index in [2.05, 4.69) is 34.4 Å². The molecule has 2 N–H and O–H groups in total. The van der Waals surface area contributed by atoms with Gasteiger partial charge >= 0.3 is 0 Å². The quantitative estimate of drug-likeness (QED) is 0.741. The van der Waals surface area contributed by atoms with Gasteiger partial charge in [0, 0.05) is 18.7 Å². The average Bonchev–Trinajstić information content (AvgIpc) is 2.04. The van der Waals surface area contributed by atoms with Crippen molar-refractivity contribution in [2.45, 2.75) is 26.8 Å². The molecule has 4 heteroatoms. The Morgan fingerprint density at radius 2 is 2.00 bits per heavy atom. The molecule has 1 aromatic heterocycles. The van der Waals surface area contributed by atoms with Crippen molar-refractivity contribution >= 4 is 11.6 Å². The average molecular weight is 180 g/mol. The maximum absolute atomic E-state index is 4.10. The van der Waals surface area contributed by atoms with Gasteiger partial charge in [0.05, 0.1) is 0 Å². The summed E-state index contributed by atoms with van der Waals surface area (Å²) in [6.07, 6.45) is 1.56. The van der Waals surface area contributed by atoms with Crippen LogP contribution in [0.1, 0.15) is 20.8 Å². The summed E-state index contributed by atoms with van der Waals surface area (Å²) < 4.78 is 0. The van der Waals surface area contributed by atoms with Gasteiger partial charge in [0.2, 0.25) is 0 Å². The van der Waals surface area contributed by atoms with Crippen molar-refractivity contribution in [1.82, 2.24) is 9.97 Å². The first-order chi connectivity index (χ1) is 6.22. The number of nitrogens with one attached hydrogen (secondary N) is 2. The zero-order valence-corrected chi connectivity index (χ0v) is 8.33. The van der Waals surface area contributed by atoms with Gasteiger partial charge < -0.3 is 10.6 Å². The summed E-state index contributed by atoms with van der Waals surface area (Å²) >= 11 is 0. The van der Waals surface area contributed by atoms with Crippen LogP contribution in [0.2, 0.25) is 0 Å². The molecule has 0 unspecified atom stereocenters. The number of aromatic nitrogens is 2. The SMILES string of the molecule is CCNc1cc(NC(C)C)ncn1. The minimum absolute atomic E-state index is 0.393. The summed E-state index contributed by atoms with van der Waals surface area (Å²) in [4.78, 5) is 8.17. The Morgan fingerprint density at radius 3 is 2.62 bits per heavy atom. The molecule has 0 aliphatic carbocycles. The van der Waals surface area contributed by atoms with Crippen molar-refractivity contribution in [1.29, 1.82) is 0 Å². The van der Waals surface area contributed by atoms with Crippen LogP contribution < -0.4 is 10.6 Å². The van der Waals surface area contributed by atoms with E-state index in [1.54, 1.807) is 6.33 Å². The largest absolute Gasteiger partial charge is 0.370 e. The molecular weight excluding hydrogens is 164 g/mol. The van der Waals surface area contributed by atoms with E-state index >= 15 is 0 Å². The third kappa shape index (κ3) is 3.27. The first kappa shape index (κ1) is 9.77. The first-order valence-electron chi connectivity index (χ1n) is 4.54. The lowest BCUT2D eigenvalue weighted by Gasteiger charge is -2.09. The van der Waals surface area contributed by atoms with Crippen molar-refractivity contribution < 1.29 is 0 Å². The minimum Gasteiger partial charge on any atom is -0.370 e. The van der Waals surface area contributed by atoms with Crippen molar-refractivity contribution in [3.8, 4) is 0 Å². The topological polar surface area (TPSA) is 49.8 Å². The zero-order valence-electron chi connectivity index (χ0n) is 8.33. The maximum atomic E-state index is 4.10. The van der Waals surface area contributed by atoms with Gasteiger partial charge in [0.1, 0.15) is 18.0 Å². The van der Waals surface area contributed by atoms with Gasteiger partial charge in [0.15, 0.2) is 0 Å². The summed E-state index contributed by atoms with van der Waals surface area (Å²) in [7, 11) is 0. The summed E-state index contributed by atoms with van der Waals surface area (Å²) in [5.74, 6) is 1.72. The highest BCUT2D eigenvalue weighted by molar-refractivity contribution is 5.46. The van der Waals surface area contributed by atoms with Gasteiger partial charge in [-0.05, 0) is 20.8 Å². The molecule has 0 saturated heterocycles. The van der Waals surface area contributed by atoms with E-state index in [0.717, 1.165) is 18.2 Å². The van der Waals surface area contributed by atoms with Crippen molar-refractivity contribution in [3.63, 3.8) is 0 Å². The highest BCUT2D eigenvalue weighted by atomic mass is 15.1. The molecule has 0 saturated carbocycles. The first-order valence-corrected chi connectivity index (χ1v) is 4.54. The molecule has 0 radical (unpaired) electrons. The third-order valence-electron chi connectivity index (χ3n) is 1.46. The molecule has 0 bridgehead atoms. The fraction of sp³-hybridized carbons (Fsp3) is 0.556. The summed E-state index contributed by atoms with van der Waals surface area (Å²) in [6, 6.07) is 2.30. The standard InChI is InChI=1S/C9H16N4/c1-4-10-8-5-9(12-6-11-8)13-7(2)3/h5-7H,4H2,1-3H3,(H2,10,11,12,13). The second-order valence-corrected chi connectivity index (χ2v) is 3.12. The zero-order chi connectivity index (χ0) is 9.68. The van der Waals surface area contributed by atoms with Gasteiger partial charge in [-0.3, -0.25) is 0 Å². The van der Waals surface area contributed by atoms with Crippen molar-refractivity contribution in [2.75, 3.05) is 17.2 Å². The molecule has 0 spiro atoms. The molecule has 0 aliphatic rings. The Labute approximate surface area is 78.8 Å². The Hall–Kier alpha value is -1.32. The lowest BCUT2D eigenvalue weighted by Crippen LogP contribution is -2.11. The number of hydrogen-bond donors (Lipinski definition) is 2. The highest BCUT2D eigenvalue weighted by Gasteiger charge is 1.98. The second kappa shape index (κ2) is 4.64. The fourth-order valence-corrected chi connectivity index (χ4v) is 1.01. The number of anilines is 2. The van der Waals surface area contributed by atoms with Gasteiger partial charge in [-0.2, -0.15) is 0 Å². The van der Waals surface area contributed by atoms with E-state index in [9.17, 15) is 0 Å². The van der Waals surface area contributed by atoms with Gasteiger partial charge in [-0.15, -0.1) is 0 Å². The normalized spacial score (nSPS) is 10.2. The van der Waals surface area contributed by atoms with E-state index in [4.69, 9.17) is 0 Å². The van der Waals surface area contributed by atoms with Crippen LogP contribution in [0.3, 0.4) is 0 Å². The van der Waals surface area contributed by atoms with Crippen LogP contribution >= 0.6 is 0 Å². The summed E-state index contributed by atoms with van der Waals surface area (Å²) in [5, 5.41) is 6.34. The predicted molar refractivity (Wildman–Crippen MR) is 55.0 cm³/mol. The van der Waals surface area contributed by atoms with Gasteiger partial charge in [-0.1, -0.05) is 0 Å². The van der Waals surface area contributed by atoms with Gasteiger partial charge in [0.25, 0.3) is 0 Å². The van der Waals surface area contributed by atoms with Crippen LogP contribution in [0.25, 0.3) is 0 Å². The molecule has 0 aromatic carbocycles. The molecule has 0 amide bonds. The fourth-order valence-electron chi connectivity index (χ4n) is 1.01. The number of rotatable bonds is 4. The van der Waals surface area contributed by atoms with E-state index in [1.165, 1.54) is 0 Å².